The van der Waals surface area contributed by atoms with Gasteiger partial charge in [0.15, 0.2) is 0 Å². The minimum Gasteiger partial charge on any atom is -0.326 e. The molecule has 1 fully saturated rings. The van der Waals surface area contributed by atoms with E-state index in [-0.39, 0.29) is 24.2 Å². The molecule has 0 radical (unpaired) electrons. The summed E-state index contributed by atoms with van der Waals surface area (Å²) in [5, 5.41) is 2.89. The maximum atomic E-state index is 12.5. The Kier molecular flexibility index (Phi) is 4.71. The monoisotopic (exact) mass is 386 g/mol. The molecule has 3 rings (SSSR count). The summed E-state index contributed by atoms with van der Waals surface area (Å²) in [6.07, 6.45) is 0.246. The minimum absolute atomic E-state index is 0.000318. The number of benzene rings is 2. The Labute approximate surface area is 150 Å². The number of aryl methyl sites for hydroxylation is 2. The number of hydrogen-bond acceptors (Lipinski definition) is 2. The van der Waals surface area contributed by atoms with Gasteiger partial charge in [0, 0.05) is 28.8 Å². The number of halogens is 1. The highest BCUT2D eigenvalue weighted by Crippen LogP contribution is 2.29. The van der Waals surface area contributed by atoms with E-state index in [1.165, 1.54) is 0 Å². The maximum Gasteiger partial charge on any atom is 0.229 e. The zero-order valence-corrected chi connectivity index (χ0v) is 15.3. The highest BCUT2D eigenvalue weighted by Gasteiger charge is 2.35. The van der Waals surface area contributed by atoms with Crippen LogP contribution >= 0.6 is 15.9 Å². The van der Waals surface area contributed by atoms with Gasteiger partial charge in [0.1, 0.15) is 0 Å². The van der Waals surface area contributed by atoms with Gasteiger partial charge in [-0.3, -0.25) is 9.59 Å². The van der Waals surface area contributed by atoms with Crippen LogP contribution in [0, 0.1) is 19.8 Å². The van der Waals surface area contributed by atoms with Crippen LogP contribution < -0.4 is 10.2 Å². The van der Waals surface area contributed by atoms with E-state index in [0.717, 1.165) is 27.0 Å². The van der Waals surface area contributed by atoms with Crippen LogP contribution in [0.2, 0.25) is 0 Å². The van der Waals surface area contributed by atoms with Crippen molar-refractivity contribution in [2.75, 3.05) is 16.8 Å². The van der Waals surface area contributed by atoms with E-state index in [4.69, 9.17) is 0 Å². The molecule has 4 nitrogen and oxygen atoms in total. The Hall–Kier alpha value is -2.14. The second-order valence-corrected chi connectivity index (χ2v) is 7.11. The van der Waals surface area contributed by atoms with E-state index < -0.39 is 0 Å². The fourth-order valence-electron chi connectivity index (χ4n) is 2.90. The van der Waals surface area contributed by atoms with Gasteiger partial charge in [-0.15, -0.1) is 0 Å². The van der Waals surface area contributed by atoms with E-state index in [9.17, 15) is 9.59 Å². The van der Waals surface area contributed by atoms with Crippen LogP contribution in [0.5, 0.6) is 0 Å². The van der Waals surface area contributed by atoms with E-state index >= 15 is 0 Å². The predicted molar refractivity (Wildman–Crippen MR) is 99.1 cm³/mol. The first-order valence-corrected chi connectivity index (χ1v) is 8.67. The third kappa shape index (κ3) is 3.51. The van der Waals surface area contributed by atoms with Gasteiger partial charge < -0.3 is 10.2 Å². The first-order chi connectivity index (χ1) is 11.4. The lowest BCUT2D eigenvalue weighted by Crippen LogP contribution is -2.28. The van der Waals surface area contributed by atoms with Crippen LogP contribution in [0.1, 0.15) is 17.5 Å². The fraction of sp³-hybridized carbons (Fsp3) is 0.263. The zero-order valence-electron chi connectivity index (χ0n) is 13.7. The summed E-state index contributed by atoms with van der Waals surface area (Å²) in [4.78, 5) is 26.6. The summed E-state index contributed by atoms with van der Waals surface area (Å²) in [5.74, 6) is -0.445. The van der Waals surface area contributed by atoms with Crippen LogP contribution in [-0.4, -0.2) is 18.4 Å². The lowest BCUT2D eigenvalue weighted by Gasteiger charge is -2.19. The van der Waals surface area contributed by atoms with Crippen LogP contribution in [0.3, 0.4) is 0 Å². The van der Waals surface area contributed by atoms with Crippen molar-refractivity contribution >= 4 is 39.1 Å². The first-order valence-electron chi connectivity index (χ1n) is 7.88. The van der Waals surface area contributed by atoms with Crippen molar-refractivity contribution in [1.82, 2.24) is 0 Å². The van der Waals surface area contributed by atoms with Gasteiger partial charge in [-0.25, -0.2) is 0 Å². The van der Waals surface area contributed by atoms with Crippen molar-refractivity contribution in [3.05, 3.63) is 58.1 Å². The number of rotatable bonds is 3. The summed E-state index contributed by atoms with van der Waals surface area (Å²) in [5.41, 5.74) is 3.79. The molecule has 2 aromatic carbocycles. The molecule has 0 aromatic heterocycles. The zero-order chi connectivity index (χ0) is 17.3. The molecule has 24 heavy (non-hydrogen) atoms. The molecule has 0 bridgehead atoms. The van der Waals surface area contributed by atoms with Gasteiger partial charge in [-0.2, -0.15) is 0 Å². The van der Waals surface area contributed by atoms with Crippen molar-refractivity contribution in [3.63, 3.8) is 0 Å². The van der Waals surface area contributed by atoms with Crippen molar-refractivity contribution < 1.29 is 9.59 Å². The van der Waals surface area contributed by atoms with E-state index in [1.807, 2.05) is 56.3 Å². The molecule has 1 saturated heterocycles. The molecule has 1 N–H and O–H groups in total. The second kappa shape index (κ2) is 6.77. The van der Waals surface area contributed by atoms with Crippen molar-refractivity contribution in [2.24, 2.45) is 5.92 Å². The molecular formula is C19H19BrN2O2. The summed E-state index contributed by atoms with van der Waals surface area (Å²) in [7, 11) is 0. The highest BCUT2D eigenvalue weighted by atomic mass is 79.9. The van der Waals surface area contributed by atoms with Crippen LogP contribution in [0.4, 0.5) is 11.4 Å². The molecule has 1 aliphatic heterocycles. The largest absolute Gasteiger partial charge is 0.326 e. The molecule has 124 valence electrons. The average molecular weight is 387 g/mol. The van der Waals surface area contributed by atoms with Gasteiger partial charge in [-0.1, -0.05) is 28.1 Å². The standard InChI is InChI=1S/C19H19BrN2O2/c1-12-3-4-13(2)17(9-12)22-11-14(10-18(22)23)19(24)21-16-7-5-15(20)6-8-16/h3-9,14H,10-11H2,1-2H3,(H,21,24)/t14-/m0/s1. The maximum absolute atomic E-state index is 12.5. The highest BCUT2D eigenvalue weighted by molar-refractivity contribution is 9.10. The number of carbonyl (C=O) groups excluding carboxylic acids is 2. The number of amides is 2. The molecular weight excluding hydrogens is 368 g/mol. The summed E-state index contributed by atoms with van der Waals surface area (Å²) < 4.78 is 0.956. The fourth-order valence-corrected chi connectivity index (χ4v) is 3.17. The Morgan fingerprint density at radius 3 is 2.58 bits per heavy atom. The second-order valence-electron chi connectivity index (χ2n) is 6.19. The number of nitrogens with zero attached hydrogens (tertiary/aromatic N) is 1. The smallest absolute Gasteiger partial charge is 0.229 e. The molecule has 5 heteroatoms. The van der Waals surface area contributed by atoms with Crippen molar-refractivity contribution in [3.8, 4) is 0 Å². The molecule has 1 atom stereocenters. The summed E-state index contributed by atoms with van der Waals surface area (Å²) in [6, 6.07) is 13.4. The summed E-state index contributed by atoms with van der Waals surface area (Å²) >= 11 is 3.37. The van der Waals surface area contributed by atoms with Gasteiger partial charge in [0.2, 0.25) is 11.8 Å². The number of nitrogens with one attached hydrogen (secondary N) is 1. The Bertz CT molecular complexity index is 786. The lowest BCUT2D eigenvalue weighted by atomic mass is 10.1. The predicted octanol–water partition coefficient (Wildman–Crippen LogP) is 4.06. The van der Waals surface area contributed by atoms with Gasteiger partial charge in [0.05, 0.1) is 5.92 Å². The number of carbonyl (C=O) groups is 2. The van der Waals surface area contributed by atoms with Crippen LogP contribution in [0.25, 0.3) is 0 Å². The molecule has 0 unspecified atom stereocenters. The van der Waals surface area contributed by atoms with E-state index in [0.29, 0.717) is 6.54 Å². The van der Waals surface area contributed by atoms with Gasteiger partial charge in [0.25, 0.3) is 0 Å². The van der Waals surface area contributed by atoms with Gasteiger partial charge >= 0.3 is 0 Å². The molecule has 2 aromatic rings. The number of anilines is 2. The molecule has 0 saturated carbocycles. The third-order valence-corrected chi connectivity index (χ3v) is 4.79. The Morgan fingerprint density at radius 1 is 1.17 bits per heavy atom. The molecule has 2 amide bonds. The summed E-state index contributed by atoms with van der Waals surface area (Å²) in [6.45, 7) is 4.41. The number of hydrogen-bond donors (Lipinski definition) is 1. The van der Waals surface area contributed by atoms with Gasteiger partial charge in [-0.05, 0) is 55.3 Å². The Balaban J connectivity index is 1.73. The van der Waals surface area contributed by atoms with Crippen molar-refractivity contribution in [1.29, 1.82) is 0 Å². The molecule has 1 heterocycles. The molecule has 0 spiro atoms. The SMILES string of the molecule is Cc1ccc(C)c(N2C[C@@H](C(=O)Nc3ccc(Br)cc3)CC2=O)c1. The minimum atomic E-state index is -0.332. The van der Waals surface area contributed by atoms with Crippen molar-refractivity contribution in [2.45, 2.75) is 20.3 Å². The quantitative estimate of drug-likeness (QED) is 0.864. The normalized spacial score (nSPS) is 17.2. The van der Waals surface area contributed by atoms with E-state index in [1.54, 1.807) is 4.90 Å². The topological polar surface area (TPSA) is 49.4 Å². The van der Waals surface area contributed by atoms with Crippen LogP contribution in [-0.2, 0) is 9.59 Å². The lowest BCUT2D eigenvalue weighted by molar-refractivity contribution is -0.122. The Morgan fingerprint density at radius 2 is 1.88 bits per heavy atom. The third-order valence-electron chi connectivity index (χ3n) is 4.26. The first kappa shape index (κ1) is 16.7. The average Bonchev–Trinajstić information content (AvgIpc) is 2.94. The molecule has 1 aliphatic rings. The van der Waals surface area contributed by atoms with Crippen LogP contribution in [0.15, 0.2) is 46.9 Å². The van der Waals surface area contributed by atoms with E-state index in [2.05, 4.69) is 21.2 Å². The molecule has 0 aliphatic carbocycles.